The van der Waals surface area contributed by atoms with Crippen molar-refractivity contribution in [1.82, 2.24) is 4.98 Å². The highest BCUT2D eigenvalue weighted by molar-refractivity contribution is 5.77. The van der Waals surface area contributed by atoms with Crippen molar-refractivity contribution in [3.05, 3.63) is 23.4 Å². The quantitative estimate of drug-likeness (QED) is 0.555. The molecule has 27 heavy (non-hydrogen) atoms. The van der Waals surface area contributed by atoms with Gasteiger partial charge in [0.2, 0.25) is 5.88 Å². The van der Waals surface area contributed by atoms with Crippen LogP contribution in [0.5, 0.6) is 5.88 Å². The summed E-state index contributed by atoms with van der Waals surface area (Å²) in [5.41, 5.74) is -3.16. The molecule has 0 saturated carbocycles. The molecule has 1 aromatic rings. The lowest BCUT2D eigenvalue weighted by atomic mass is 9.77. The Labute approximate surface area is 152 Å². The van der Waals surface area contributed by atoms with Gasteiger partial charge in [-0.3, -0.25) is 0 Å². The molecule has 5 nitrogen and oxygen atoms in total. The van der Waals surface area contributed by atoms with Gasteiger partial charge in [0.05, 0.1) is 13.7 Å². The summed E-state index contributed by atoms with van der Waals surface area (Å²) >= 11 is 0. The fourth-order valence-electron chi connectivity index (χ4n) is 3.23. The van der Waals surface area contributed by atoms with E-state index in [1.165, 1.54) is 19.9 Å². The van der Waals surface area contributed by atoms with Gasteiger partial charge in [-0.1, -0.05) is 13.0 Å². The van der Waals surface area contributed by atoms with Crippen LogP contribution in [0.4, 0.5) is 22.0 Å². The van der Waals surface area contributed by atoms with E-state index in [0.717, 1.165) is 20.1 Å². The predicted octanol–water partition coefficient (Wildman–Crippen LogP) is 4.03. The van der Waals surface area contributed by atoms with Crippen molar-refractivity contribution in [2.24, 2.45) is 5.92 Å². The molecule has 4 unspecified atom stereocenters. The van der Waals surface area contributed by atoms with Crippen LogP contribution in [0.2, 0.25) is 0 Å². The summed E-state index contributed by atoms with van der Waals surface area (Å²) < 4.78 is 81.7. The Hall–Kier alpha value is -1.97. The first-order valence-corrected chi connectivity index (χ1v) is 8.22. The number of pyridine rings is 1. The zero-order chi connectivity index (χ0) is 20.6. The number of rotatable bonds is 5. The molecule has 0 N–H and O–H groups in total. The number of aromatic nitrogens is 1. The highest BCUT2D eigenvalue weighted by Crippen LogP contribution is 2.54. The number of halogens is 5. The van der Waals surface area contributed by atoms with Crippen LogP contribution in [0.15, 0.2) is 12.1 Å². The number of hydrogen-bond acceptors (Lipinski definition) is 5. The standard InChI is InChI=1S/C17H20F5NO4/c1-5-26-15(24)12-11(8(2)16(3,27-12)17(20,21)22)9-6-7-10(13(18)19)23-14(9)25-4/h6-8,11-13H,5H2,1-4H3. The number of nitrogens with zero attached hydrogens (tertiary/aromatic N) is 1. The van der Waals surface area contributed by atoms with Crippen molar-refractivity contribution in [2.75, 3.05) is 13.7 Å². The molecule has 0 aromatic carbocycles. The van der Waals surface area contributed by atoms with Gasteiger partial charge in [-0.25, -0.2) is 18.6 Å². The van der Waals surface area contributed by atoms with Crippen molar-refractivity contribution in [1.29, 1.82) is 0 Å². The molecule has 0 radical (unpaired) electrons. The van der Waals surface area contributed by atoms with E-state index in [0.29, 0.717) is 0 Å². The Kier molecular flexibility index (Phi) is 5.98. The molecule has 0 spiro atoms. The van der Waals surface area contributed by atoms with E-state index in [1.54, 1.807) is 0 Å². The number of carbonyl (C=O) groups excluding carboxylic acids is 1. The van der Waals surface area contributed by atoms with Crippen LogP contribution in [-0.4, -0.2) is 42.6 Å². The number of esters is 1. The van der Waals surface area contributed by atoms with Crippen molar-refractivity contribution < 1.29 is 41.0 Å². The van der Waals surface area contributed by atoms with Crippen LogP contribution >= 0.6 is 0 Å². The summed E-state index contributed by atoms with van der Waals surface area (Å²) in [4.78, 5) is 15.9. The van der Waals surface area contributed by atoms with E-state index in [9.17, 15) is 26.7 Å². The molecular weight excluding hydrogens is 377 g/mol. The van der Waals surface area contributed by atoms with Crippen molar-refractivity contribution in [3.63, 3.8) is 0 Å². The van der Waals surface area contributed by atoms with Gasteiger partial charge in [0.15, 0.2) is 11.7 Å². The maximum absolute atomic E-state index is 13.6. The monoisotopic (exact) mass is 397 g/mol. The van der Waals surface area contributed by atoms with Crippen LogP contribution in [-0.2, 0) is 14.3 Å². The van der Waals surface area contributed by atoms with E-state index in [2.05, 4.69) is 4.98 Å². The Morgan fingerprint density at radius 1 is 1.37 bits per heavy atom. The summed E-state index contributed by atoms with van der Waals surface area (Å²) in [6.45, 7) is 3.57. The molecule has 152 valence electrons. The molecule has 0 bridgehead atoms. The van der Waals surface area contributed by atoms with Crippen LogP contribution in [0, 0.1) is 5.92 Å². The zero-order valence-electron chi connectivity index (χ0n) is 15.1. The summed E-state index contributed by atoms with van der Waals surface area (Å²) in [5, 5.41) is 0. The predicted molar refractivity (Wildman–Crippen MR) is 83.6 cm³/mol. The van der Waals surface area contributed by atoms with E-state index in [-0.39, 0.29) is 18.1 Å². The van der Waals surface area contributed by atoms with E-state index < -0.39 is 47.8 Å². The minimum Gasteiger partial charge on any atom is -0.481 e. The second-order valence-electron chi connectivity index (χ2n) is 6.35. The second kappa shape index (κ2) is 7.57. The third kappa shape index (κ3) is 3.71. The lowest BCUT2D eigenvalue weighted by Gasteiger charge is -2.31. The number of carbonyl (C=O) groups is 1. The van der Waals surface area contributed by atoms with Crippen LogP contribution in [0.1, 0.15) is 44.4 Å². The van der Waals surface area contributed by atoms with Gasteiger partial charge in [-0.2, -0.15) is 13.2 Å². The van der Waals surface area contributed by atoms with Crippen LogP contribution in [0.25, 0.3) is 0 Å². The zero-order valence-corrected chi connectivity index (χ0v) is 15.1. The van der Waals surface area contributed by atoms with Crippen molar-refractivity contribution in [3.8, 4) is 5.88 Å². The molecule has 1 aromatic heterocycles. The molecule has 4 atom stereocenters. The van der Waals surface area contributed by atoms with Crippen LogP contribution < -0.4 is 4.74 Å². The maximum atomic E-state index is 13.6. The summed E-state index contributed by atoms with van der Waals surface area (Å²) in [7, 11) is 1.16. The van der Waals surface area contributed by atoms with E-state index >= 15 is 0 Å². The van der Waals surface area contributed by atoms with Gasteiger partial charge in [-0.05, 0) is 19.9 Å². The molecule has 1 fully saturated rings. The Morgan fingerprint density at radius 3 is 2.48 bits per heavy atom. The maximum Gasteiger partial charge on any atom is 0.417 e. The third-order valence-electron chi connectivity index (χ3n) is 4.87. The number of alkyl halides is 5. The van der Waals surface area contributed by atoms with Crippen LogP contribution in [0.3, 0.4) is 0 Å². The number of ether oxygens (including phenoxy) is 3. The van der Waals surface area contributed by atoms with Gasteiger partial charge in [-0.15, -0.1) is 0 Å². The molecule has 2 rings (SSSR count). The highest BCUT2D eigenvalue weighted by atomic mass is 19.4. The molecule has 2 heterocycles. The minimum absolute atomic E-state index is 0.0533. The molecule has 1 aliphatic rings. The molecule has 10 heteroatoms. The van der Waals surface area contributed by atoms with Gasteiger partial charge < -0.3 is 14.2 Å². The number of hydrogen-bond donors (Lipinski definition) is 0. The lowest BCUT2D eigenvalue weighted by Crippen LogP contribution is -2.47. The fourth-order valence-corrected chi connectivity index (χ4v) is 3.23. The van der Waals surface area contributed by atoms with E-state index in [4.69, 9.17) is 14.2 Å². The molecule has 0 aliphatic carbocycles. The lowest BCUT2D eigenvalue weighted by molar-refractivity contribution is -0.274. The number of methoxy groups -OCH3 is 1. The molecular formula is C17H20F5NO4. The topological polar surface area (TPSA) is 57.7 Å². The Balaban J connectivity index is 2.58. The first kappa shape index (κ1) is 21.3. The first-order chi connectivity index (χ1) is 12.5. The third-order valence-corrected chi connectivity index (χ3v) is 4.87. The smallest absolute Gasteiger partial charge is 0.417 e. The average molecular weight is 397 g/mol. The SMILES string of the molecule is CCOC(=O)C1OC(C)(C(F)(F)F)C(C)C1c1ccc(C(F)F)nc1OC. The van der Waals surface area contributed by atoms with Crippen molar-refractivity contribution >= 4 is 5.97 Å². The summed E-state index contributed by atoms with van der Waals surface area (Å²) in [5.74, 6) is -3.64. The largest absolute Gasteiger partial charge is 0.481 e. The minimum atomic E-state index is -4.77. The van der Waals surface area contributed by atoms with Crippen molar-refractivity contribution in [2.45, 2.75) is 51.0 Å². The molecule has 1 aliphatic heterocycles. The van der Waals surface area contributed by atoms with Gasteiger partial charge in [0, 0.05) is 17.4 Å². The summed E-state index contributed by atoms with van der Waals surface area (Å²) in [6.07, 6.45) is -9.23. The average Bonchev–Trinajstić information content (AvgIpc) is 2.87. The molecule has 1 saturated heterocycles. The Morgan fingerprint density at radius 2 is 2.00 bits per heavy atom. The first-order valence-electron chi connectivity index (χ1n) is 8.22. The normalized spacial score (nSPS) is 28.4. The highest BCUT2D eigenvalue weighted by Gasteiger charge is 2.66. The fraction of sp³-hybridized carbons (Fsp3) is 0.647. The van der Waals surface area contributed by atoms with Gasteiger partial charge in [0.1, 0.15) is 5.69 Å². The van der Waals surface area contributed by atoms with E-state index in [1.807, 2.05) is 0 Å². The Bertz CT molecular complexity index is 696. The van der Waals surface area contributed by atoms with Gasteiger partial charge in [0.25, 0.3) is 6.43 Å². The molecule has 0 amide bonds. The second-order valence-corrected chi connectivity index (χ2v) is 6.35. The van der Waals surface area contributed by atoms with Gasteiger partial charge >= 0.3 is 12.1 Å². The summed E-state index contributed by atoms with van der Waals surface area (Å²) in [6, 6.07) is 2.17.